The number of halogens is 1. The van der Waals surface area contributed by atoms with E-state index in [9.17, 15) is 9.59 Å². The van der Waals surface area contributed by atoms with Crippen LogP contribution in [0, 0.1) is 6.92 Å². The first-order chi connectivity index (χ1) is 8.04. The summed E-state index contributed by atoms with van der Waals surface area (Å²) in [6, 6.07) is 5.24. The average molecular weight is 296 g/mol. The minimum absolute atomic E-state index is 0.0155. The molecule has 2 rings (SSSR count). The molecule has 0 radical (unpaired) electrons. The van der Waals surface area contributed by atoms with Gasteiger partial charge in [-0.3, -0.25) is 4.79 Å². The Bertz CT molecular complexity index is 661. The summed E-state index contributed by atoms with van der Waals surface area (Å²) >= 11 is 3.39. The number of esters is 1. The molecule has 5 heteroatoms. The van der Waals surface area contributed by atoms with Crippen LogP contribution < -0.4 is 5.56 Å². The highest BCUT2D eigenvalue weighted by atomic mass is 79.9. The number of aromatic amines is 1. The Kier molecular flexibility index (Phi) is 3.02. The van der Waals surface area contributed by atoms with Crippen LogP contribution >= 0.6 is 15.9 Å². The molecule has 0 amide bonds. The van der Waals surface area contributed by atoms with Crippen LogP contribution in [-0.2, 0) is 4.74 Å². The summed E-state index contributed by atoms with van der Waals surface area (Å²) in [6.45, 7) is 1.89. The van der Waals surface area contributed by atoms with E-state index in [2.05, 4.69) is 25.7 Å². The van der Waals surface area contributed by atoms with E-state index < -0.39 is 11.5 Å². The predicted octanol–water partition coefficient (Wildman–Crippen LogP) is 2.39. The lowest BCUT2D eigenvalue weighted by Crippen LogP contribution is -2.18. The molecular weight excluding hydrogens is 286 g/mol. The molecule has 0 aliphatic rings. The minimum Gasteiger partial charge on any atom is -0.465 e. The molecule has 0 unspecified atom stereocenters. The normalized spacial score (nSPS) is 10.5. The second kappa shape index (κ2) is 4.33. The fraction of sp³-hybridized carbons (Fsp3) is 0.167. The van der Waals surface area contributed by atoms with E-state index in [4.69, 9.17) is 0 Å². The van der Waals surface area contributed by atoms with Gasteiger partial charge >= 0.3 is 5.97 Å². The van der Waals surface area contributed by atoms with Gasteiger partial charge in [0.2, 0.25) is 0 Å². The molecule has 0 saturated carbocycles. The molecule has 1 aromatic heterocycles. The molecular formula is C12H10BrNO3. The zero-order valence-electron chi connectivity index (χ0n) is 9.33. The predicted molar refractivity (Wildman–Crippen MR) is 68.3 cm³/mol. The number of ether oxygens (including phenoxy) is 1. The molecule has 88 valence electrons. The van der Waals surface area contributed by atoms with Crippen molar-refractivity contribution in [2.45, 2.75) is 6.92 Å². The lowest BCUT2D eigenvalue weighted by atomic mass is 10.1. The van der Waals surface area contributed by atoms with E-state index in [-0.39, 0.29) is 5.56 Å². The fourth-order valence-corrected chi connectivity index (χ4v) is 1.99. The highest BCUT2D eigenvalue weighted by Crippen LogP contribution is 2.23. The van der Waals surface area contributed by atoms with Gasteiger partial charge in [0.1, 0.15) is 5.56 Å². The van der Waals surface area contributed by atoms with Crippen LogP contribution in [0.3, 0.4) is 0 Å². The van der Waals surface area contributed by atoms with Gasteiger partial charge in [0.05, 0.1) is 12.6 Å². The number of nitrogens with one attached hydrogen (secondary N) is 1. The second-order valence-electron chi connectivity index (χ2n) is 3.64. The van der Waals surface area contributed by atoms with Gasteiger partial charge in [-0.15, -0.1) is 0 Å². The highest BCUT2D eigenvalue weighted by molar-refractivity contribution is 9.10. The lowest BCUT2D eigenvalue weighted by molar-refractivity contribution is 0.0599. The van der Waals surface area contributed by atoms with E-state index in [0.717, 1.165) is 20.9 Å². The first-order valence-electron chi connectivity index (χ1n) is 4.95. The van der Waals surface area contributed by atoms with Crippen molar-refractivity contribution in [1.82, 2.24) is 4.98 Å². The second-order valence-corrected chi connectivity index (χ2v) is 4.49. The van der Waals surface area contributed by atoms with Crippen LogP contribution in [0.25, 0.3) is 10.9 Å². The number of hydrogen-bond donors (Lipinski definition) is 1. The van der Waals surface area contributed by atoms with Gasteiger partial charge in [0, 0.05) is 4.47 Å². The van der Waals surface area contributed by atoms with E-state index in [1.807, 2.05) is 19.1 Å². The average Bonchev–Trinajstić information content (AvgIpc) is 2.33. The number of methoxy groups -OCH3 is 1. The first kappa shape index (κ1) is 11.9. The van der Waals surface area contributed by atoms with E-state index in [0.29, 0.717) is 0 Å². The van der Waals surface area contributed by atoms with E-state index in [1.165, 1.54) is 7.11 Å². The first-order valence-corrected chi connectivity index (χ1v) is 5.74. The molecule has 1 aromatic carbocycles. The molecule has 0 atom stereocenters. The molecule has 0 bridgehead atoms. The SMILES string of the molecule is COC(=O)c1cc2ccc(Br)c(C)c2[nH]c1=O. The molecule has 0 aliphatic carbocycles. The van der Waals surface area contributed by atoms with Gasteiger partial charge in [-0.1, -0.05) is 22.0 Å². The zero-order chi connectivity index (χ0) is 12.6. The number of pyridine rings is 1. The third-order valence-electron chi connectivity index (χ3n) is 2.62. The van der Waals surface area contributed by atoms with Crippen molar-refractivity contribution in [3.8, 4) is 0 Å². The number of hydrogen-bond acceptors (Lipinski definition) is 3. The maximum Gasteiger partial charge on any atom is 0.343 e. The number of carbonyl (C=O) groups excluding carboxylic acids is 1. The third-order valence-corrected chi connectivity index (χ3v) is 3.48. The van der Waals surface area contributed by atoms with Crippen molar-refractivity contribution >= 4 is 32.8 Å². The summed E-state index contributed by atoms with van der Waals surface area (Å²) in [4.78, 5) is 25.8. The monoisotopic (exact) mass is 295 g/mol. The summed E-state index contributed by atoms with van der Waals surface area (Å²) in [5.41, 5.74) is 1.22. The number of aryl methyl sites for hydroxylation is 1. The van der Waals surface area contributed by atoms with Gasteiger partial charge in [0.15, 0.2) is 0 Å². The van der Waals surface area contributed by atoms with Crippen molar-refractivity contribution in [2.75, 3.05) is 7.11 Å². The van der Waals surface area contributed by atoms with Crippen molar-refractivity contribution in [3.05, 3.63) is 44.2 Å². The molecule has 4 nitrogen and oxygen atoms in total. The summed E-state index contributed by atoms with van der Waals surface area (Å²) in [5.74, 6) is -0.631. The van der Waals surface area contributed by atoms with Crippen molar-refractivity contribution in [2.24, 2.45) is 0 Å². The minimum atomic E-state index is -0.631. The van der Waals surface area contributed by atoms with Gasteiger partial charge in [-0.2, -0.15) is 0 Å². The molecule has 0 saturated heterocycles. The molecule has 2 aromatic rings. The maximum absolute atomic E-state index is 11.7. The number of fused-ring (bicyclic) bond motifs is 1. The summed E-state index contributed by atoms with van der Waals surface area (Å²) in [7, 11) is 1.25. The van der Waals surface area contributed by atoms with Gasteiger partial charge < -0.3 is 9.72 Å². The van der Waals surface area contributed by atoms with Gasteiger partial charge in [0.25, 0.3) is 5.56 Å². The van der Waals surface area contributed by atoms with E-state index >= 15 is 0 Å². The van der Waals surface area contributed by atoms with Crippen LogP contribution in [0.2, 0.25) is 0 Å². The highest BCUT2D eigenvalue weighted by Gasteiger charge is 2.13. The smallest absolute Gasteiger partial charge is 0.343 e. The lowest BCUT2D eigenvalue weighted by Gasteiger charge is -2.06. The number of aromatic nitrogens is 1. The third kappa shape index (κ3) is 1.98. The number of benzene rings is 1. The number of rotatable bonds is 1. The Morgan fingerprint density at radius 2 is 2.12 bits per heavy atom. The van der Waals surface area contributed by atoms with Crippen LogP contribution in [0.15, 0.2) is 27.5 Å². The zero-order valence-corrected chi connectivity index (χ0v) is 10.9. The van der Waals surface area contributed by atoms with E-state index in [1.54, 1.807) is 6.07 Å². The number of H-pyrrole nitrogens is 1. The largest absolute Gasteiger partial charge is 0.465 e. The molecule has 0 fully saturated rings. The summed E-state index contributed by atoms with van der Waals surface area (Å²) in [6.07, 6.45) is 0. The Hall–Kier alpha value is -1.62. The van der Waals surface area contributed by atoms with Gasteiger partial charge in [-0.25, -0.2) is 4.79 Å². The quantitative estimate of drug-likeness (QED) is 0.822. The van der Waals surface area contributed by atoms with Gasteiger partial charge in [-0.05, 0) is 30.0 Å². The van der Waals surface area contributed by atoms with Crippen LogP contribution in [-0.4, -0.2) is 18.1 Å². The fourth-order valence-electron chi connectivity index (χ4n) is 1.66. The summed E-state index contributed by atoms with van der Waals surface area (Å²) < 4.78 is 5.46. The molecule has 1 heterocycles. The topological polar surface area (TPSA) is 59.2 Å². The Balaban J connectivity index is 2.80. The molecule has 17 heavy (non-hydrogen) atoms. The Morgan fingerprint density at radius 3 is 2.76 bits per heavy atom. The Morgan fingerprint density at radius 1 is 1.41 bits per heavy atom. The Labute approximate surface area is 106 Å². The standard InChI is InChI=1S/C12H10BrNO3/c1-6-9(13)4-3-7-5-8(12(16)17-2)11(15)14-10(6)7/h3-5H,1-2H3,(H,14,15). The molecule has 1 N–H and O–H groups in total. The maximum atomic E-state index is 11.7. The van der Waals surface area contributed by atoms with Crippen molar-refractivity contribution in [1.29, 1.82) is 0 Å². The van der Waals surface area contributed by atoms with Crippen LogP contribution in [0.1, 0.15) is 15.9 Å². The number of carbonyl (C=O) groups is 1. The van der Waals surface area contributed by atoms with Crippen LogP contribution in [0.5, 0.6) is 0 Å². The summed E-state index contributed by atoms with van der Waals surface area (Å²) in [5, 5.41) is 0.797. The molecule has 0 spiro atoms. The van der Waals surface area contributed by atoms with Crippen molar-refractivity contribution in [3.63, 3.8) is 0 Å². The molecule has 0 aliphatic heterocycles. The van der Waals surface area contributed by atoms with Crippen LogP contribution in [0.4, 0.5) is 0 Å². The van der Waals surface area contributed by atoms with Crippen molar-refractivity contribution < 1.29 is 9.53 Å².